The third kappa shape index (κ3) is 7.41. The van der Waals surface area contributed by atoms with Gasteiger partial charge < -0.3 is 10.2 Å². The summed E-state index contributed by atoms with van der Waals surface area (Å²) in [6.45, 7) is 4.20. The van der Waals surface area contributed by atoms with E-state index < -0.39 is 0 Å². The molecule has 1 N–H and O–H groups in total. The summed E-state index contributed by atoms with van der Waals surface area (Å²) in [5.41, 5.74) is 2.16. The first-order valence-corrected chi connectivity index (χ1v) is 8.30. The van der Waals surface area contributed by atoms with Gasteiger partial charge in [-0.1, -0.05) is 12.1 Å². The summed E-state index contributed by atoms with van der Waals surface area (Å²) < 4.78 is 15.1. The van der Waals surface area contributed by atoms with Gasteiger partial charge in [-0.3, -0.25) is 9.67 Å². The van der Waals surface area contributed by atoms with Crippen LogP contribution < -0.4 is 5.32 Å². The second-order valence-electron chi connectivity index (χ2n) is 5.85. The molecule has 25 heavy (non-hydrogen) atoms. The largest absolute Gasteiger partial charge is 0.357 e. The molecule has 1 aromatic carbocycles. The highest BCUT2D eigenvalue weighted by atomic mass is 127. The Morgan fingerprint density at radius 2 is 2.16 bits per heavy atom. The molecule has 0 bridgehead atoms. The molecule has 0 unspecified atom stereocenters. The van der Waals surface area contributed by atoms with Crippen LogP contribution in [0.15, 0.2) is 41.7 Å². The van der Waals surface area contributed by atoms with Crippen molar-refractivity contribution in [2.24, 2.45) is 12.0 Å². The Kier molecular flexibility index (Phi) is 9.48. The average molecular weight is 459 g/mol. The molecule has 0 aliphatic rings. The van der Waals surface area contributed by atoms with E-state index in [0.29, 0.717) is 6.54 Å². The summed E-state index contributed by atoms with van der Waals surface area (Å²) in [5, 5.41) is 7.46. The lowest BCUT2D eigenvalue weighted by Gasteiger charge is -2.22. The molecule has 7 heteroatoms. The minimum Gasteiger partial charge on any atom is -0.357 e. The van der Waals surface area contributed by atoms with Crippen molar-refractivity contribution in [2.45, 2.75) is 26.3 Å². The highest BCUT2D eigenvalue weighted by Crippen LogP contribution is 2.07. The Labute approximate surface area is 166 Å². The quantitative estimate of drug-likeness (QED) is 0.300. The standard InChI is InChI=1S/C18H26FN5.HI/c1-4-20-18(21-10-6-8-16-12-22-24(3)14-16)23(2)13-15-7-5-9-17(19)11-15;/h5,7,9,11-12,14H,4,6,8,10,13H2,1-3H3,(H,20,21);1H. The fraction of sp³-hybridized carbons (Fsp3) is 0.444. The van der Waals surface area contributed by atoms with Gasteiger partial charge in [0, 0.05) is 39.9 Å². The summed E-state index contributed by atoms with van der Waals surface area (Å²) in [6.07, 6.45) is 5.86. The van der Waals surface area contributed by atoms with Crippen LogP contribution in [-0.4, -0.2) is 40.8 Å². The Hall–Kier alpha value is -1.64. The van der Waals surface area contributed by atoms with Crippen molar-refractivity contribution in [2.75, 3.05) is 20.1 Å². The first kappa shape index (κ1) is 21.4. The van der Waals surface area contributed by atoms with Gasteiger partial charge in [-0.05, 0) is 43.0 Å². The van der Waals surface area contributed by atoms with E-state index in [1.54, 1.807) is 12.1 Å². The number of nitrogens with one attached hydrogen (secondary N) is 1. The number of guanidine groups is 1. The number of aromatic nitrogens is 2. The van der Waals surface area contributed by atoms with Crippen molar-refractivity contribution in [1.29, 1.82) is 0 Å². The first-order valence-electron chi connectivity index (χ1n) is 8.30. The number of aliphatic imine (C=N–C) groups is 1. The Morgan fingerprint density at radius 3 is 2.80 bits per heavy atom. The topological polar surface area (TPSA) is 45.5 Å². The molecule has 2 rings (SSSR count). The smallest absolute Gasteiger partial charge is 0.193 e. The molecule has 1 heterocycles. The summed E-state index contributed by atoms with van der Waals surface area (Å²) >= 11 is 0. The highest BCUT2D eigenvalue weighted by Gasteiger charge is 2.07. The normalized spacial score (nSPS) is 11.1. The van der Waals surface area contributed by atoms with Crippen LogP contribution >= 0.6 is 24.0 Å². The van der Waals surface area contributed by atoms with Crippen LogP contribution in [0.2, 0.25) is 0 Å². The van der Waals surface area contributed by atoms with E-state index >= 15 is 0 Å². The van der Waals surface area contributed by atoms with Crippen LogP contribution in [0.3, 0.4) is 0 Å². The van der Waals surface area contributed by atoms with Crippen molar-refractivity contribution in [3.63, 3.8) is 0 Å². The number of rotatable bonds is 7. The van der Waals surface area contributed by atoms with E-state index in [4.69, 9.17) is 0 Å². The molecule has 5 nitrogen and oxygen atoms in total. The Bertz CT molecular complexity index is 671. The van der Waals surface area contributed by atoms with Crippen LogP contribution in [-0.2, 0) is 20.0 Å². The lowest BCUT2D eigenvalue weighted by molar-refractivity contribution is 0.474. The third-order valence-electron chi connectivity index (χ3n) is 3.65. The molecular weight excluding hydrogens is 432 g/mol. The summed E-state index contributed by atoms with van der Waals surface area (Å²) in [6, 6.07) is 6.67. The second kappa shape index (κ2) is 11.1. The van der Waals surface area contributed by atoms with E-state index in [9.17, 15) is 4.39 Å². The maximum Gasteiger partial charge on any atom is 0.193 e. The van der Waals surface area contributed by atoms with E-state index in [1.807, 2.05) is 49.1 Å². The zero-order valence-electron chi connectivity index (χ0n) is 15.1. The molecule has 0 amide bonds. The predicted octanol–water partition coefficient (Wildman–Crippen LogP) is 3.21. The SMILES string of the molecule is CCNC(=NCCCc1cnn(C)c1)N(C)Cc1cccc(F)c1.I. The van der Waals surface area contributed by atoms with Crippen LogP contribution in [0, 0.1) is 5.82 Å². The van der Waals surface area contributed by atoms with Crippen LogP contribution in [0.1, 0.15) is 24.5 Å². The third-order valence-corrected chi connectivity index (χ3v) is 3.65. The van der Waals surface area contributed by atoms with Gasteiger partial charge in [0.05, 0.1) is 6.20 Å². The Morgan fingerprint density at radius 1 is 1.36 bits per heavy atom. The number of aryl methyl sites for hydroxylation is 2. The van der Waals surface area contributed by atoms with Gasteiger partial charge in [-0.25, -0.2) is 4.39 Å². The second-order valence-corrected chi connectivity index (χ2v) is 5.85. The van der Waals surface area contributed by atoms with Gasteiger partial charge in [0.15, 0.2) is 5.96 Å². The number of hydrogen-bond acceptors (Lipinski definition) is 2. The van der Waals surface area contributed by atoms with Crippen molar-refractivity contribution in [3.8, 4) is 0 Å². The molecule has 0 saturated heterocycles. The minimum atomic E-state index is -0.209. The lowest BCUT2D eigenvalue weighted by atomic mass is 10.2. The maximum atomic E-state index is 13.3. The van der Waals surface area contributed by atoms with Crippen molar-refractivity contribution in [3.05, 3.63) is 53.6 Å². The van der Waals surface area contributed by atoms with E-state index in [1.165, 1.54) is 11.6 Å². The van der Waals surface area contributed by atoms with Crippen molar-refractivity contribution in [1.82, 2.24) is 20.0 Å². The van der Waals surface area contributed by atoms with Gasteiger partial charge in [0.1, 0.15) is 5.82 Å². The molecule has 0 aliphatic heterocycles. The number of nitrogens with zero attached hydrogens (tertiary/aromatic N) is 4. The molecule has 0 spiro atoms. The average Bonchev–Trinajstić information content (AvgIpc) is 2.95. The zero-order chi connectivity index (χ0) is 17.4. The molecule has 0 atom stereocenters. The molecule has 138 valence electrons. The molecule has 2 aromatic rings. The van der Waals surface area contributed by atoms with Gasteiger partial charge >= 0.3 is 0 Å². The van der Waals surface area contributed by atoms with E-state index in [-0.39, 0.29) is 29.8 Å². The number of benzene rings is 1. The number of halogens is 2. The monoisotopic (exact) mass is 459 g/mol. The summed E-state index contributed by atoms with van der Waals surface area (Å²) in [5.74, 6) is 0.632. The molecular formula is C18H27FIN5. The van der Waals surface area contributed by atoms with Gasteiger partial charge in [0.25, 0.3) is 0 Å². The number of hydrogen-bond donors (Lipinski definition) is 1. The van der Waals surface area contributed by atoms with E-state index in [0.717, 1.165) is 37.5 Å². The highest BCUT2D eigenvalue weighted by molar-refractivity contribution is 14.0. The van der Waals surface area contributed by atoms with Crippen molar-refractivity contribution >= 4 is 29.9 Å². The van der Waals surface area contributed by atoms with Crippen LogP contribution in [0.25, 0.3) is 0 Å². The zero-order valence-corrected chi connectivity index (χ0v) is 17.4. The summed E-state index contributed by atoms with van der Waals surface area (Å²) in [4.78, 5) is 6.68. The van der Waals surface area contributed by atoms with Crippen LogP contribution in [0.4, 0.5) is 4.39 Å². The van der Waals surface area contributed by atoms with Gasteiger partial charge in [-0.2, -0.15) is 5.10 Å². The van der Waals surface area contributed by atoms with Crippen LogP contribution in [0.5, 0.6) is 0 Å². The fourth-order valence-electron chi connectivity index (χ4n) is 2.52. The fourth-order valence-corrected chi connectivity index (χ4v) is 2.52. The molecule has 1 aromatic heterocycles. The molecule has 0 fully saturated rings. The predicted molar refractivity (Wildman–Crippen MR) is 111 cm³/mol. The molecule has 0 aliphatic carbocycles. The summed E-state index contributed by atoms with van der Waals surface area (Å²) in [7, 11) is 3.89. The van der Waals surface area contributed by atoms with Gasteiger partial charge in [-0.15, -0.1) is 24.0 Å². The molecule has 0 saturated carbocycles. The Balaban J connectivity index is 0.00000312. The van der Waals surface area contributed by atoms with Crippen molar-refractivity contribution < 1.29 is 4.39 Å². The van der Waals surface area contributed by atoms with E-state index in [2.05, 4.69) is 15.4 Å². The molecule has 0 radical (unpaired) electrons. The maximum absolute atomic E-state index is 13.3. The first-order chi connectivity index (χ1) is 11.6. The van der Waals surface area contributed by atoms with Gasteiger partial charge in [0.2, 0.25) is 0 Å². The lowest BCUT2D eigenvalue weighted by Crippen LogP contribution is -2.38. The minimum absolute atomic E-state index is 0.